The zero-order chi connectivity index (χ0) is 19.4. The number of alkyl halides is 3. The minimum atomic E-state index is -4.43. The summed E-state index contributed by atoms with van der Waals surface area (Å²) in [5, 5.41) is 10.8. The molecule has 0 spiro atoms. The van der Waals surface area contributed by atoms with E-state index in [0.717, 1.165) is 38.2 Å². The number of nitrogens with zero attached hydrogens (tertiary/aromatic N) is 1. The van der Waals surface area contributed by atoms with Crippen LogP contribution in [0, 0.1) is 17.3 Å². The van der Waals surface area contributed by atoms with Crippen LogP contribution in [0.4, 0.5) is 13.2 Å². The van der Waals surface area contributed by atoms with Crippen LogP contribution in [0.15, 0.2) is 24.3 Å². The van der Waals surface area contributed by atoms with E-state index in [-0.39, 0.29) is 23.4 Å². The Hall–Kier alpha value is -1.56. The van der Waals surface area contributed by atoms with Gasteiger partial charge in [0, 0.05) is 20.0 Å². The first kappa shape index (κ1) is 18.8. The number of amides is 1. The lowest BCUT2D eigenvalue weighted by Crippen LogP contribution is -2.56. The Kier molecular flexibility index (Phi) is 4.33. The number of carbonyl (C=O) groups is 1. The third kappa shape index (κ3) is 3.60. The van der Waals surface area contributed by atoms with Crippen LogP contribution in [0.1, 0.15) is 56.1 Å². The molecule has 27 heavy (non-hydrogen) atoms. The van der Waals surface area contributed by atoms with Gasteiger partial charge in [-0.25, -0.2) is 0 Å². The van der Waals surface area contributed by atoms with Gasteiger partial charge in [-0.1, -0.05) is 18.2 Å². The second kappa shape index (κ2) is 6.23. The molecule has 2 atom stereocenters. The topological polar surface area (TPSA) is 40.5 Å². The SMILES string of the molecule is CN(Cc1ccccc1C(F)(F)F)C(=O)CC12CC3CC(CC(O)(C3)C1)C2. The van der Waals surface area contributed by atoms with Crippen molar-refractivity contribution in [2.75, 3.05) is 7.05 Å². The highest BCUT2D eigenvalue weighted by atomic mass is 19.4. The monoisotopic (exact) mass is 381 g/mol. The molecule has 0 saturated heterocycles. The van der Waals surface area contributed by atoms with Crippen LogP contribution in [-0.2, 0) is 17.5 Å². The number of carbonyl (C=O) groups excluding carboxylic acids is 1. The van der Waals surface area contributed by atoms with Crippen molar-refractivity contribution < 1.29 is 23.1 Å². The number of aliphatic hydroxyl groups is 1. The molecule has 1 aromatic rings. The predicted octanol–water partition coefficient (Wildman–Crippen LogP) is 4.39. The van der Waals surface area contributed by atoms with Crippen molar-refractivity contribution >= 4 is 5.91 Å². The quantitative estimate of drug-likeness (QED) is 0.841. The second-order valence-corrected chi connectivity index (χ2v) is 9.27. The first-order valence-corrected chi connectivity index (χ1v) is 9.69. The summed E-state index contributed by atoms with van der Waals surface area (Å²) in [5.41, 5.74) is -1.38. The average Bonchev–Trinajstić information content (AvgIpc) is 2.51. The summed E-state index contributed by atoms with van der Waals surface area (Å²) >= 11 is 0. The molecular weight excluding hydrogens is 355 g/mol. The number of hydrogen-bond donors (Lipinski definition) is 1. The van der Waals surface area contributed by atoms with Crippen molar-refractivity contribution in [1.29, 1.82) is 0 Å². The summed E-state index contributed by atoms with van der Waals surface area (Å²) in [6.07, 6.45) is 1.31. The standard InChI is InChI=1S/C21H26F3NO2/c1-25(12-16-4-2-3-5-17(16)21(22,23)24)18(26)11-19-7-14-6-15(8-19)10-20(27,9-14)13-19/h2-5,14-15,27H,6-13H2,1H3. The lowest BCUT2D eigenvalue weighted by molar-refractivity contribution is -0.172. The number of rotatable bonds is 4. The van der Waals surface area contributed by atoms with Gasteiger partial charge in [-0.05, 0) is 67.4 Å². The zero-order valence-corrected chi connectivity index (χ0v) is 15.6. The normalized spacial score (nSPS) is 34.7. The van der Waals surface area contributed by atoms with Gasteiger partial charge in [0.1, 0.15) is 0 Å². The molecule has 5 rings (SSSR count). The van der Waals surface area contributed by atoms with Gasteiger partial charge in [0.2, 0.25) is 5.91 Å². The Morgan fingerprint density at radius 3 is 2.41 bits per heavy atom. The maximum Gasteiger partial charge on any atom is 0.416 e. The van der Waals surface area contributed by atoms with Gasteiger partial charge in [0.15, 0.2) is 0 Å². The summed E-state index contributed by atoms with van der Waals surface area (Å²) in [5.74, 6) is 0.846. The molecule has 0 radical (unpaired) electrons. The van der Waals surface area contributed by atoms with E-state index in [1.807, 2.05) is 0 Å². The molecular formula is C21H26F3NO2. The zero-order valence-electron chi connectivity index (χ0n) is 15.6. The summed E-state index contributed by atoms with van der Waals surface area (Å²) in [6.45, 7) is -0.0538. The van der Waals surface area contributed by atoms with Crippen LogP contribution < -0.4 is 0 Å². The maximum absolute atomic E-state index is 13.2. The molecule has 4 fully saturated rings. The molecule has 4 saturated carbocycles. The molecule has 6 heteroatoms. The third-order valence-corrected chi connectivity index (χ3v) is 6.83. The summed E-state index contributed by atoms with van der Waals surface area (Å²) in [7, 11) is 1.57. The van der Waals surface area contributed by atoms with E-state index < -0.39 is 17.3 Å². The molecule has 148 valence electrons. The van der Waals surface area contributed by atoms with E-state index in [0.29, 0.717) is 24.7 Å². The molecule has 1 aromatic carbocycles. The number of hydrogen-bond acceptors (Lipinski definition) is 2. The van der Waals surface area contributed by atoms with Crippen LogP contribution in [0.5, 0.6) is 0 Å². The molecule has 3 nitrogen and oxygen atoms in total. The Bertz CT molecular complexity index is 731. The molecule has 0 aliphatic heterocycles. The van der Waals surface area contributed by atoms with Crippen LogP contribution in [0.25, 0.3) is 0 Å². The Balaban J connectivity index is 1.47. The van der Waals surface area contributed by atoms with Crippen molar-refractivity contribution in [1.82, 2.24) is 4.90 Å². The molecule has 1 N–H and O–H groups in total. The molecule has 4 aliphatic carbocycles. The smallest absolute Gasteiger partial charge is 0.390 e. The van der Waals surface area contributed by atoms with Crippen LogP contribution in [0.2, 0.25) is 0 Å². The predicted molar refractivity (Wildman–Crippen MR) is 94.6 cm³/mol. The van der Waals surface area contributed by atoms with Crippen molar-refractivity contribution in [2.24, 2.45) is 17.3 Å². The van der Waals surface area contributed by atoms with Gasteiger partial charge in [-0.15, -0.1) is 0 Å². The third-order valence-electron chi connectivity index (χ3n) is 6.83. The molecule has 4 aliphatic rings. The van der Waals surface area contributed by atoms with Crippen molar-refractivity contribution in [3.8, 4) is 0 Å². The van der Waals surface area contributed by atoms with E-state index >= 15 is 0 Å². The lowest BCUT2D eigenvalue weighted by Gasteiger charge is -2.60. The Labute approximate surface area is 157 Å². The minimum absolute atomic E-state index is 0.0538. The first-order valence-electron chi connectivity index (χ1n) is 9.69. The summed E-state index contributed by atoms with van der Waals surface area (Å²) < 4.78 is 39.6. The number of benzene rings is 1. The average molecular weight is 381 g/mol. The fourth-order valence-corrected chi connectivity index (χ4v) is 6.34. The Morgan fingerprint density at radius 1 is 1.19 bits per heavy atom. The van der Waals surface area contributed by atoms with E-state index in [2.05, 4.69) is 0 Å². The van der Waals surface area contributed by atoms with Gasteiger partial charge >= 0.3 is 6.18 Å². The highest BCUT2D eigenvalue weighted by Gasteiger charge is 2.57. The van der Waals surface area contributed by atoms with E-state index in [1.165, 1.54) is 17.0 Å². The van der Waals surface area contributed by atoms with Crippen molar-refractivity contribution in [3.05, 3.63) is 35.4 Å². The van der Waals surface area contributed by atoms with Gasteiger partial charge in [0.25, 0.3) is 0 Å². The fraction of sp³-hybridized carbons (Fsp3) is 0.667. The van der Waals surface area contributed by atoms with Gasteiger partial charge in [-0.2, -0.15) is 13.2 Å². The van der Waals surface area contributed by atoms with Gasteiger partial charge < -0.3 is 10.0 Å². The summed E-state index contributed by atoms with van der Waals surface area (Å²) in [4.78, 5) is 14.3. The largest absolute Gasteiger partial charge is 0.416 e. The number of halogens is 3. The first-order chi connectivity index (χ1) is 12.6. The molecule has 2 unspecified atom stereocenters. The lowest BCUT2D eigenvalue weighted by atomic mass is 9.47. The van der Waals surface area contributed by atoms with Gasteiger partial charge in [0.05, 0.1) is 11.2 Å². The molecule has 4 bridgehead atoms. The van der Waals surface area contributed by atoms with Crippen molar-refractivity contribution in [2.45, 2.75) is 63.3 Å². The van der Waals surface area contributed by atoms with E-state index in [4.69, 9.17) is 0 Å². The minimum Gasteiger partial charge on any atom is -0.390 e. The molecule has 0 aromatic heterocycles. The molecule has 1 amide bonds. The van der Waals surface area contributed by atoms with Gasteiger partial charge in [-0.3, -0.25) is 4.79 Å². The van der Waals surface area contributed by atoms with E-state index in [9.17, 15) is 23.1 Å². The summed E-state index contributed by atoms with van der Waals surface area (Å²) in [6, 6.07) is 5.42. The highest BCUT2D eigenvalue weighted by molar-refractivity contribution is 5.76. The van der Waals surface area contributed by atoms with E-state index in [1.54, 1.807) is 13.1 Å². The second-order valence-electron chi connectivity index (χ2n) is 9.27. The molecule has 0 heterocycles. The van der Waals surface area contributed by atoms with Crippen LogP contribution >= 0.6 is 0 Å². The van der Waals surface area contributed by atoms with Crippen molar-refractivity contribution in [3.63, 3.8) is 0 Å². The van der Waals surface area contributed by atoms with Crippen LogP contribution in [0.3, 0.4) is 0 Å². The maximum atomic E-state index is 13.2. The fourth-order valence-electron chi connectivity index (χ4n) is 6.34. The Morgan fingerprint density at radius 2 is 1.81 bits per heavy atom. The highest BCUT2D eigenvalue weighted by Crippen LogP contribution is 2.62. The van der Waals surface area contributed by atoms with Crippen LogP contribution in [-0.4, -0.2) is 28.6 Å².